The molecule has 0 spiro atoms. The molecule has 0 aliphatic heterocycles. The highest BCUT2D eigenvalue weighted by molar-refractivity contribution is 9.09. The van der Waals surface area contributed by atoms with Crippen LogP contribution in [-0.2, 0) is 6.42 Å². The molecule has 0 fully saturated rings. The van der Waals surface area contributed by atoms with E-state index in [1.807, 2.05) is 0 Å². The fraction of sp³-hybridized carbons (Fsp3) is 0.636. The maximum atomic E-state index is 3.64. The Morgan fingerprint density at radius 3 is 2.46 bits per heavy atom. The van der Waals surface area contributed by atoms with Crippen molar-refractivity contribution < 1.29 is 0 Å². The minimum Gasteiger partial charge on any atom is -0.152 e. The predicted molar refractivity (Wildman–Crippen MR) is 64.8 cm³/mol. The zero-order chi connectivity index (χ0) is 9.73. The first-order valence-corrected chi connectivity index (χ1v) is 6.90. The number of hydrogen-bond acceptors (Lipinski definition) is 1. The Bertz CT molecular complexity index is 216. The van der Waals surface area contributed by atoms with Crippen molar-refractivity contribution in [2.75, 3.05) is 5.33 Å². The van der Waals surface area contributed by atoms with Crippen LogP contribution in [0.5, 0.6) is 0 Å². The van der Waals surface area contributed by atoms with E-state index in [9.17, 15) is 0 Å². The van der Waals surface area contributed by atoms with Gasteiger partial charge in [0.05, 0.1) is 0 Å². The fourth-order valence-electron chi connectivity index (χ4n) is 1.56. The lowest BCUT2D eigenvalue weighted by Crippen LogP contribution is -2.23. The van der Waals surface area contributed by atoms with Crippen LogP contribution in [0.1, 0.15) is 32.3 Å². The van der Waals surface area contributed by atoms with Gasteiger partial charge in [0.1, 0.15) is 0 Å². The molecule has 0 saturated carbocycles. The highest BCUT2D eigenvalue weighted by Gasteiger charge is 2.24. The van der Waals surface area contributed by atoms with Gasteiger partial charge in [0, 0.05) is 5.33 Å². The van der Waals surface area contributed by atoms with Crippen LogP contribution < -0.4 is 0 Å². The normalized spacial score (nSPS) is 11.9. The van der Waals surface area contributed by atoms with E-state index in [2.05, 4.69) is 46.6 Å². The first-order chi connectivity index (χ1) is 6.26. The van der Waals surface area contributed by atoms with Crippen LogP contribution in [-0.4, -0.2) is 5.33 Å². The fourth-order valence-corrected chi connectivity index (χ4v) is 3.22. The molecule has 74 valence electrons. The van der Waals surface area contributed by atoms with Crippen molar-refractivity contribution in [1.82, 2.24) is 0 Å². The number of alkyl halides is 1. The zero-order valence-electron chi connectivity index (χ0n) is 8.35. The number of halogens is 1. The SMILES string of the molecule is CCC(CC)(CBr)Cc1ccsc1. The number of rotatable bonds is 5. The maximum Gasteiger partial charge on any atom is 0.00909 e. The van der Waals surface area contributed by atoms with E-state index < -0.39 is 0 Å². The van der Waals surface area contributed by atoms with E-state index in [1.165, 1.54) is 24.8 Å². The Kier molecular flexibility index (Phi) is 4.47. The molecule has 0 aliphatic rings. The van der Waals surface area contributed by atoms with Gasteiger partial charge in [-0.25, -0.2) is 0 Å². The van der Waals surface area contributed by atoms with Crippen LogP contribution in [0.15, 0.2) is 16.8 Å². The van der Waals surface area contributed by atoms with E-state index >= 15 is 0 Å². The number of hydrogen-bond donors (Lipinski definition) is 0. The summed E-state index contributed by atoms with van der Waals surface area (Å²) in [6.45, 7) is 4.58. The van der Waals surface area contributed by atoms with Crippen LogP contribution in [0.2, 0.25) is 0 Å². The van der Waals surface area contributed by atoms with Crippen molar-refractivity contribution in [3.63, 3.8) is 0 Å². The van der Waals surface area contributed by atoms with Crippen LogP contribution in [0, 0.1) is 5.41 Å². The average molecular weight is 261 g/mol. The molecule has 0 radical (unpaired) electrons. The second kappa shape index (κ2) is 5.16. The summed E-state index contributed by atoms with van der Waals surface area (Å²) in [6, 6.07) is 2.24. The van der Waals surface area contributed by atoms with Crippen molar-refractivity contribution >= 4 is 27.3 Å². The van der Waals surface area contributed by atoms with Crippen molar-refractivity contribution in [3.8, 4) is 0 Å². The lowest BCUT2D eigenvalue weighted by atomic mass is 9.79. The molecule has 0 atom stereocenters. The third kappa shape index (κ3) is 2.81. The minimum absolute atomic E-state index is 0.473. The quantitative estimate of drug-likeness (QED) is 0.685. The Balaban J connectivity index is 2.67. The molecular formula is C11H17BrS. The molecule has 1 aromatic rings. The maximum absolute atomic E-state index is 3.64. The second-order valence-electron chi connectivity index (χ2n) is 3.65. The van der Waals surface area contributed by atoms with Gasteiger partial charge in [0.2, 0.25) is 0 Å². The topological polar surface area (TPSA) is 0 Å². The molecule has 0 aromatic carbocycles. The Morgan fingerprint density at radius 1 is 1.38 bits per heavy atom. The first-order valence-electron chi connectivity index (χ1n) is 4.83. The van der Waals surface area contributed by atoms with Crippen LogP contribution in [0.3, 0.4) is 0 Å². The van der Waals surface area contributed by atoms with Gasteiger partial charge >= 0.3 is 0 Å². The monoisotopic (exact) mass is 260 g/mol. The summed E-state index contributed by atoms with van der Waals surface area (Å²) < 4.78 is 0. The van der Waals surface area contributed by atoms with Crippen LogP contribution in [0.4, 0.5) is 0 Å². The largest absolute Gasteiger partial charge is 0.152 e. The lowest BCUT2D eigenvalue weighted by molar-refractivity contribution is 0.307. The summed E-state index contributed by atoms with van der Waals surface area (Å²) in [5.74, 6) is 0. The van der Waals surface area contributed by atoms with Gasteiger partial charge < -0.3 is 0 Å². The van der Waals surface area contributed by atoms with Gasteiger partial charge in [-0.1, -0.05) is 29.8 Å². The van der Waals surface area contributed by atoms with E-state index in [-0.39, 0.29) is 0 Å². The van der Waals surface area contributed by atoms with Gasteiger partial charge in [-0.05, 0) is 47.1 Å². The third-order valence-electron chi connectivity index (χ3n) is 2.94. The molecule has 0 unspecified atom stereocenters. The molecule has 0 bridgehead atoms. The molecule has 0 N–H and O–H groups in total. The molecular weight excluding hydrogens is 244 g/mol. The van der Waals surface area contributed by atoms with Crippen molar-refractivity contribution in [3.05, 3.63) is 22.4 Å². The Morgan fingerprint density at radius 2 is 2.08 bits per heavy atom. The van der Waals surface area contributed by atoms with E-state index in [0.717, 1.165) is 5.33 Å². The molecule has 1 aromatic heterocycles. The van der Waals surface area contributed by atoms with E-state index in [4.69, 9.17) is 0 Å². The molecule has 0 aliphatic carbocycles. The molecule has 1 rings (SSSR count). The molecule has 0 saturated heterocycles. The van der Waals surface area contributed by atoms with Gasteiger partial charge in [-0.15, -0.1) is 0 Å². The molecule has 0 amide bonds. The zero-order valence-corrected chi connectivity index (χ0v) is 10.7. The van der Waals surface area contributed by atoms with Gasteiger partial charge in [-0.3, -0.25) is 0 Å². The predicted octanol–water partition coefficient (Wildman–Crippen LogP) is 4.49. The summed E-state index contributed by atoms with van der Waals surface area (Å²) in [6.07, 6.45) is 3.73. The molecule has 2 heteroatoms. The highest BCUT2D eigenvalue weighted by atomic mass is 79.9. The first kappa shape index (κ1) is 11.3. The van der Waals surface area contributed by atoms with Gasteiger partial charge in [-0.2, -0.15) is 11.3 Å². The highest BCUT2D eigenvalue weighted by Crippen LogP contribution is 2.33. The van der Waals surface area contributed by atoms with Crippen molar-refractivity contribution in [2.45, 2.75) is 33.1 Å². The second-order valence-corrected chi connectivity index (χ2v) is 4.99. The summed E-state index contributed by atoms with van der Waals surface area (Å²) >= 11 is 5.44. The van der Waals surface area contributed by atoms with E-state index in [0.29, 0.717) is 5.41 Å². The average Bonchev–Trinajstić information content (AvgIpc) is 2.67. The molecule has 0 nitrogen and oxygen atoms in total. The molecule has 1 heterocycles. The lowest BCUT2D eigenvalue weighted by Gasteiger charge is -2.29. The summed E-state index contributed by atoms with van der Waals surface area (Å²) in [4.78, 5) is 0. The third-order valence-corrected chi connectivity index (χ3v) is 4.86. The number of thiophene rings is 1. The minimum atomic E-state index is 0.473. The Labute approximate surface area is 93.5 Å². The van der Waals surface area contributed by atoms with Crippen LogP contribution >= 0.6 is 27.3 Å². The van der Waals surface area contributed by atoms with Crippen molar-refractivity contribution in [1.29, 1.82) is 0 Å². The summed E-state index contributed by atoms with van der Waals surface area (Å²) in [5, 5.41) is 5.55. The Hall–Kier alpha value is 0.180. The van der Waals surface area contributed by atoms with Gasteiger partial charge in [0.15, 0.2) is 0 Å². The summed E-state index contributed by atoms with van der Waals surface area (Å²) in [7, 11) is 0. The summed E-state index contributed by atoms with van der Waals surface area (Å²) in [5.41, 5.74) is 1.97. The standard InChI is InChI=1S/C11H17BrS/c1-3-11(4-2,9-12)7-10-5-6-13-8-10/h5-6,8H,3-4,7,9H2,1-2H3. The van der Waals surface area contributed by atoms with E-state index in [1.54, 1.807) is 11.3 Å². The van der Waals surface area contributed by atoms with Crippen LogP contribution in [0.25, 0.3) is 0 Å². The smallest absolute Gasteiger partial charge is 0.00909 e. The van der Waals surface area contributed by atoms with Gasteiger partial charge in [0.25, 0.3) is 0 Å². The molecule has 13 heavy (non-hydrogen) atoms. The van der Waals surface area contributed by atoms with Crippen molar-refractivity contribution in [2.24, 2.45) is 5.41 Å².